The quantitative estimate of drug-likeness (QED) is 0.375. The number of alkyl halides is 3. The molecule has 0 bridgehead atoms. The van der Waals surface area contributed by atoms with Crippen molar-refractivity contribution < 1.29 is 18.0 Å². The van der Waals surface area contributed by atoms with Crippen LogP contribution in [0.1, 0.15) is 11.1 Å². The van der Waals surface area contributed by atoms with Gasteiger partial charge in [0.25, 0.3) is 0 Å². The summed E-state index contributed by atoms with van der Waals surface area (Å²) in [7, 11) is 0. The van der Waals surface area contributed by atoms with Gasteiger partial charge >= 0.3 is 12.2 Å². The SMILES string of the molecule is Cc1ccc(NC(=O)Nc2ccc(-n3cnc4cc(N)ccc43)cc2)cc1C(F)(F)F. The summed E-state index contributed by atoms with van der Waals surface area (Å²) < 4.78 is 41.0. The molecular weight excluding hydrogens is 407 g/mol. The van der Waals surface area contributed by atoms with Crippen LogP contribution in [0.3, 0.4) is 0 Å². The molecule has 0 aliphatic heterocycles. The number of amides is 2. The highest BCUT2D eigenvalue weighted by molar-refractivity contribution is 5.99. The van der Waals surface area contributed by atoms with E-state index in [4.69, 9.17) is 5.73 Å². The minimum absolute atomic E-state index is 0.0520. The van der Waals surface area contributed by atoms with E-state index in [1.165, 1.54) is 19.1 Å². The highest BCUT2D eigenvalue weighted by Crippen LogP contribution is 2.33. The number of carbonyl (C=O) groups is 1. The van der Waals surface area contributed by atoms with E-state index < -0.39 is 17.8 Å². The molecule has 1 aromatic heterocycles. The number of nitrogens with one attached hydrogen (secondary N) is 2. The predicted molar refractivity (Wildman–Crippen MR) is 114 cm³/mol. The van der Waals surface area contributed by atoms with Gasteiger partial charge < -0.3 is 16.4 Å². The zero-order chi connectivity index (χ0) is 22.2. The lowest BCUT2D eigenvalue weighted by Crippen LogP contribution is -2.20. The molecule has 0 aliphatic carbocycles. The normalized spacial score (nSPS) is 11.5. The van der Waals surface area contributed by atoms with Crippen molar-refractivity contribution in [2.75, 3.05) is 16.4 Å². The minimum atomic E-state index is -4.49. The van der Waals surface area contributed by atoms with E-state index in [0.29, 0.717) is 11.4 Å². The van der Waals surface area contributed by atoms with Crippen LogP contribution >= 0.6 is 0 Å². The number of urea groups is 1. The molecule has 31 heavy (non-hydrogen) atoms. The van der Waals surface area contributed by atoms with Crippen LogP contribution in [-0.2, 0) is 6.18 Å². The number of nitrogens with zero attached hydrogens (tertiary/aromatic N) is 2. The largest absolute Gasteiger partial charge is 0.416 e. The highest BCUT2D eigenvalue weighted by atomic mass is 19.4. The number of aromatic nitrogens is 2. The lowest BCUT2D eigenvalue weighted by Gasteiger charge is -2.13. The Labute approximate surface area is 175 Å². The Morgan fingerprint density at radius 3 is 2.35 bits per heavy atom. The fraction of sp³-hybridized carbons (Fsp3) is 0.0909. The Hall–Kier alpha value is -4.01. The summed E-state index contributed by atoms with van der Waals surface area (Å²) in [5, 5.41) is 5.03. The number of anilines is 3. The molecule has 4 aromatic rings. The molecule has 0 unspecified atom stereocenters. The van der Waals surface area contributed by atoms with Crippen LogP contribution in [0.5, 0.6) is 0 Å². The first kappa shape index (κ1) is 20.3. The maximum atomic E-state index is 13.0. The second kappa shape index (κ2) is 7.67. The molecule has 6 nitrogen and oxygen atoms in total. The number of imidazole rings is 1. The van der Waals surface area contributed by atoms with Crippen LogP contribution in [0.2, 0.25) is 0 Å². The summed E-state index contributed by atoms with van der Waals surface area (Å²) in [6, 6.07) is 15.4. The third-order valence-electron chi connectivity index (χ3n) is 4.78. The molecule has 0 atom stereocenters. The minimum Gasteiger partial charge on any atom is -0.399 e. The number of nitrogen functional groups attached to an aromatic ring is 1. The highest BCUT2D eigenvalue weighted by Gasteiger charge is 2.32. The van der Waals surface area contributed by atoms with Gasteiger partial charge in [-0.3, -0.25) is 4.57 Å². The first-order valence-corrected chi connectivity index (χ1v) is 9.29. The molecule has 1 heterocycles. The molecule has 9 heteroatoms. The fourth-order valence-corrected chi connectivity index (χ4v) is 3.24. The Balaban J connectivity index is 1.47. The van der Waals surface area contributed by atoms with Gasteiger partial charge in [0.1, 0.15) is 6.33 Å². The van der Waals surface area contributed by atoms with Crippen molar-refractivity contribution in [3.8, 4) is 5.69 Å². The van der Waals surface area contributed by atoms with Crippen molar-refractivity contribution in [3.63, 3.8) is 0 Å². The topological polar surface area (TPSA) is 85.0 Å². The van der Waals surface area contributed by atoms with Crippen LogP contribution in [0, 0.1) is 6.92 Å². The summed E-state index contributed by atoms with van der Waals surface area (Å²) >= 11 is 0. The van der Waals surface area contributed by atoms with Gasteiger partial charge in [0.2, 0.25) is 0 Å². The van der Waals surface area contributed by atoms with E-state index in [-0.39, 0.29) is 11.3 Å². The monoisotopic (exact) mass is 425 g/mol. The summed E-state index contributed by atoms with van der Waals surface area (Å²) in [4.78, 5) is 16.5. The number of benzene rings is 3. The third-order valence-corrected chi connectivity index (χ3v) is 4.78. The van der Waals surface area contributed by atoms with E-state index in [2.05, 4.69) is 15.6 Å². The van der Waals surface area contributed by atoms with Crippen LogP contribution in [0.25, 0.3) is 16.7 Å². The second-order valence-electron chi connectivity index (χ2n) is 7.02. The first-order chi connectivity index (χ1) is 14.7. The van der Waals surface area contributed by atoms with E-state index in [1.807, 2.05) is 10.6 Å². The number of aryl methyl sites for hydroxylation is 1. The number of rotatable bonds is 3. The van der Waals surface area contributed by atoms with E-state index in [9.17, 15) is 18.0 Å². The summed E-state index contributed by atoms with van der Waals surface area (Å²) in [6.45, 7) is 1.37. The van der Waals surface area contributed by atoms with Crippen LogP contribution in [0.15, 0.2) is 67.0 Å². The van der Waals surface area contributed by atoms with E-state index in [1.54, 1.807) is 42.7 Å². The molecule has 0 saturated heterocycles. The zero-order valence-corrected chi connectivity index (χ0v) is 16.4. The predicted octanol–water partition coefficient (Wildman–Crippen LogP) is 5.58. The smallest absolute Gasteiger partial charge is 0.399 e. The molecule has 4 rings (SSSR count). The van der Waals surface area contributed by atoms with Gasteiger partial charge in [-0.05, 0) is 67.1 Å². The lowest BCUT2D eigenvalue weighted by molar-refractivity contribution is -0.138. The molecular formula is C22H18F3N5O. The van der Waals surface area contributed by atoms with Crippen LogP contribution < -0.4 is 16.4 Å². The number of halogens is 3. The first-order valence-electron chi connectivity index (χ1n) is 9.29. The van der Waals surface area contributed by atoms with Gasteiger partial charge in [-0.2, -0.15) is 13.2 Å². The average Bonchev–Trinajstić information content (AvgIpc) is 3.12. The van der Waals surface area contributed by atoms with Crippen molar-refractivity contribution in [3.05, 3.63) is 78.1 Å². The number of hydrogen-bond donors (Lipinski definition) is 3. The number of fused-ring (bicyclic) bond motifs is 1. The van der Waals surface area contributed by atoms with Gasteiger partial charge in [0.15, 0.2) is 0 Å². The maximum Gasteiger partial charge on any atom is 0.416 e. The lowest BCUT2D eigenvalue weighted by atomic mass is 10.1. The van der Waals surface area contributed by atoms with Gasteiger partial charge in [-0.25, -0.2) is 9.78 Å². The molecule has 0 spiro atoms. The molecule has 2 amide bonds. The molecule has 4 N–H and O–H groups in total. The summed E-state index contributed by atoms with van der Waals surface area (Å²) in [5.74, 6) is 0. The van der Waals surface area contributed by atoms with Crippen molar-refractivity contribution in [2.24, 2.45) is 0 Å². The molecule has 0 saturated carbocycles. The summed E-state index contributed by atoms with van der Waals surface area (Å²) in [6.07, 6.45) is -2.81. The Bertz CT molecular complexity index is 1260. The molecule has 0 fully saturated rings. The van der Waals surface area contributed by atoms with Gasteiger partial charge in [0.05, 0.1) is 16.6 Å². The molecule has 158 valence electrons. The molecule has 3 aromatic carbocycles. The zero-order valence-electron chi connectivity index (χ0n) is 16.4. The Kier molecular flexibility index (Phi) is 5.02. The van der Waals surface area contributed by atoms with Crippen LogP contribution in [0.4, 0.5) is 35.0 Å². The second-order valence-corrected chi connectivity index (χ2v) is 7.02. The van der Waals surface area contributed by atoms with Crippen molar-refractivity contribution in [1.29, 1.82) is 0 Å². The van der Waals surface area contributed by atoms with Gasteiger partial charge in [0, 0.05) is 22.7 Å². The van der Waals surface area contributed by atoms with Crippen molar-refractivity contribution >= 4 is 34.1 Å². The number of carbonyl (C=O) groups excluding carboxylic acids is 1. The standard InChI is InChI=1S/C22H18F3N5O/c1-13-2-4-16(11-18(13)22(23,24)25)29-21(31)28-15-5-7-17(8-6-15)30-12-27-19-10-14(26)3-9-20(19)30/h2-12H,26H2,1H3,(H2,28,29,31). The third kappa shape index (κ3) is 4.30. The van der Waals surface area contributed by atoms with Gasteiger partial charge in [-0.15, -0.1) is 0 Å². The molecule has 0 aliphatic rings. The average molecular weight is 425 g/mol. The Morgan fingerprint density at radius 1 is 0.968 bits per heavy atom. The maximum absolute atomic E-state index is 13.0. The van der Waals surface area contributed by atoms with E-state index >= 15 is 0 Å². The van der Waals surface area contributed by atoms with Crippen LogP contribution in [-0.4, -0.2) is 15.6 Å². The van der Waals surface area contributed by atoms with Crippen molar-refractivity contribution in [1.82, 2.24) is 9.55 Å². The summed E-state index contributed by atoms with van der Waals surface area (Å²) in [5.41, 5.74) is 8.71. The Morgan fingerprint density at radius 2 is 1.65 bits per heavy atom. The van der Waals surface area contributed by atoms with E-state index in [0.717, 1.165) is 22.8 Å². The van der Waals surface area contributed by atoms with Gasteiger partial charge in [-0.1, -0.05) is 6.07 Å². The fourth-order valence-electron chi connectivity index (χ4n) is 3.24. The van der Waals surface area contributed by atoms with Crippen molar-refractivity contribution in [2.45, 2.75) is 13.1 Å². The number of nitrogens with two attached hydrogens (primary N) is 1. The molecule has 0 radical (unpaired) electrons. The number of hydrogen-bond acceptors (Lipinski definition) is 3.